The van der Waals surface area contributed by atoms with Crippen LogP contribution in [0.5, 0.6) is 5.75 Å². The molecule has 0 amide bonds. The van der Waals surface area contributed by atoms with Crippen LogP contribution in [-0.4, -0.2) is 18.2 Å². The second-order valence-corrected chi connectivity index (χ2v) is 5.82. The minimum atomic E-state index is -1.07. The average Bonchev–Trinajstić information content (AvgIpc) is 2.37. The maximum atomic E-state index is 11.2. The van der Waals surface area contributed by atoms with Crippen LogP contribution in [0.25, 0.3) is 10.8 Å². The molecular weight excluding hydrogens is 296 g/mol. The second-order valence-electron chi connectivity index (χ2n) is 4.24. The number of alkyl halides is 1. The third kappa shape index (κ3) is 2.20. The maximum Gasteiger partial charge on any atom is 0.324 e. The van der Waals surface area contributed by atoms with Crippen LogP contribution in [-0.2, 0) is 9.12 Å². The van der Waals surface area contributed by atoms with Gasteiger partial charge in [-0.1, -0.05) is 34.1 Å². The Bertz CT molecular complexity index is 605. The maximum absolute atomic E-state index is 11.2. The molecule has 0 aliphatic carbocycles. The van der Waals surface area contributed by atoms with Crippen LogP contribution in [0.1, 0.15) is 12.5 Å². The Kier molecular flexibility index (Phi) is 3.30. The van der Waals surface area contributed by atoms with Gasteiger partial charge in [0.1, 0.15) is 10.1 Å². The molecule has 4 heteroatoms. The minimum absolute atomic E-state index is 0.715. The number of ether oxygens (including phenoxy) is 1. The first-order chi connectivity index (χ1) is 8.45. The average molecular weight is 309 g/mol. The van der Waals surface area contributed by atoms with E-state index in [2.05, 4.69) is 15.9 Å². The van der Waals surface area contributed by atoms with Gasteiger partial charge in [0.15, 0.2) is 0 Å². The van der Waals surface area contributed by atoms with Gasteiger partial charge >= 0.3 is 5.97 Å². The van der Waals surface area contributed by atoms with Gasteiger partial charge in [0, 0.05) is 0 Å². The molecule has 0 unspecified atom stereocenters. The molecule has 0 bridgehead atoms. The Morgan fingerprint density at radius 2 is 1.83 bits per heavy atom. The predicted octanol–water partition coefficient (Wildman–Crippen LogP) is 3.54. The van der Waals surface area contributed by atoms with Crippen molar-refractivity contribution in [1.29, 1.82) is 0 Å². The van der Waals surface area contributed by atoms with E-state index in [-0.39, 0.29) is 0 Å². The second kappa shape index (κ2) is 4.61. The van der Waals surface area contributed by atoms with Crippen LogP contribution in [0.15, 0.2) is 36.4 Å². The Balaban J connectivity index is 2.55. The highest BCUT2D eigenvalue weighted by Crippen LogP contribution is 2.33. The van der Waals surface area contributed by atoms with Gasteiger partial charge in [0.05, 0.1) is 7.11 Å². The third-order valence-corrected chi connectivity index (χ3v) is 3.79. The summed E-state index contributed by atoms with van der Waals surface area (Å²) in [5.41, 5.74) is 0.715. The standard InChI is InChI=1S/C14H13BrO3/c1-14(15,13(16)17)11-5-3-10-8-12(18-2)6-4-9(10)7-11/h3-8H,1-2H3,(H,16,17)/t14-/m1/s1. The molecule has 2 rings (SSSR count). The molecule has 0 fully saturated rings. The fourth-order valence-corrected chi connectivity index (χ4v) is 2.01. The first kappa shape index (κ1) is 12.9. The summed E-state index contributed by atoms with van der Waals surface area (Å²) in [4.78, 5) is 11.2. The number of halogens is 1. The van der Waals surface area contributed by atoms with E-state index in [4.69, 9.17) is 4.74 Å². The number of carbonyl (C=O) groups is 1. The monoisotopic (exact) mass is 308 g/mol. The van der Waals surface area contributed by atoms with E-state index in [1.54, 1.807) is 14.0 Å². The lowest BCUT2D eigenvalue weighted by atomic mass is 9.97. The lowest BCUT2D eigenvalue weighted by Gasteiger charge is -2.18. The molecule has 94 valence electrons. The molecule has 0 radical (unpaired) electrons. The van der Waals surface area contributed by atoms with Gasteiger partial charge in [0.25, 0.3) is 0 Å². The molecule has 0 spiro atoms. The van der Waals surface area contributed by atoms with Crippen molar-refractivity contribution in [3.63, 3.8) is 0 Å². The van der Waals surface area contributed by atoms with E-state index < -0.39 is 10.3 Å². The molecule has 0 saturated carbocycles. The van der Waals surface area contributed by atoms with Crippen molar-refractivity contribution >= 4 is 32.7 Å². The molecule has 0 heterocycles. The zero-order valence-electron chi connectivity index (χ0n) is 10.1. The van der Waals surface area contributed by atoms with Gasteiger partial charge in [-0.3, -0.25) is 4.79 Å². The van der Waals surface area contributed by atoms with E-state index in [1.165, 1.54) is 0 Å². The smallest absolute Gasteiger partial charge is 0.324 e. The van der Waals surface area contributed by atoms with Crippen molar-refractivity contribution < 1.29 is 14.6 Å². The third-order valence-electron chi connectivity index (χ3n) is 2.99. The van der Waals surface area contributed by atoms with Gasteiger partial charge in [-0.25, -0.2) is 0 Å². The minimum Gasteiger partial charge on any atom is -0.497 e. The zero-order chi connectivity index (χ0) is 13.3. The fourth-order valence-electron chi connectivity index (χ4n) is 1.77. The number of benzene rings is 2. The van der Waals surface area contributed by atoms with Gasteiger partial charge in [-0.05, 0) is 41.5 Å². The van der Waals surface area contributed by atoms with Crippen molar-refractivity contribution in [2.75, 3.05) is 7.11 Å². The summed E-state index contributed by atoms with van der Waals surface area (Å²) in [5, 5.41) is 11.2. The number of aliphatic carboxylic acids is 1. The van der Waals surface area contributed by atoms with Crippen molar-refractivity contribution in [3.8, 4) is 5.75 Å². The number of methoxy groups -OCH3 is 1. The summed E-state index contributed by atoms with van der Waals surface area (Å²) in [6.45, 7) is 1.63. The Labute approximate surface area is 114 Å². The highest BCUT2D eigenvalue weighted by molar-refractivity contribution is 9.10. The van der Waals surface area contributed by atoms with E-state index in [9.17, 15) is 9.90 Å². The highest BCUT2D eigenvalue weighted by atomic mass is 79.9. The summed E-state index contributed by atoms with van der Waals surface area (Å²) in [5.74, 6) is -0.120. The molecule has 0 aromatic heterocycles. The molecule has 2 aromatic rings. The van der Waals surface area contributed by atoms with E-state index >= 15 is 0 Å². The van der Waals surface area contributed by atoms with Gasteiger partial charge in [-0.15, -0.1) is 0 Å². The lowest BCUT2D eigenvalue weighted by Crippen LogP contribution is -2.24. The number of carboxylic acid groups (broad SMARTS) is 1. The molecule has 0 saturated heterocycles. The molecule has 3 nitrogen and oxygen atoms in total. The Morgan fingerprint density at radius 3 is 2.44 bits per heavy atom. The summed E-state index contributed by atoms with van der Waals surface area (Å²) < 4.78 is 4.09. The molecule has 0 aliphatic heterocycles. The first-order valence-electron chi connectivity index (χ1n) is 5.46. The molecule has 2 aromatic carbocycles. The zero-order valence-corrected chi connectivity index (χ0v) is 11.7. The molecule has 0 aliphatic rings. The Hall–Kier alpha value is -1.55. The van der Waals surface area contributed by atoms with Gasteiger partial charge < -0.3 is 9.84 Å². The normalized spacial score (nSPS) is 14.2. The van der Waals surface area contributed by atoms with Crippen molar-refractivity contribution in [2.45, 2.75) is 11.2 Å². The number of hydrogen-bond donors (Lipinski definition) is 1. The number of rotatable bonds is 3. The summed E-state index contributed by atoms with van der Waals surface area (Å²) in [6, 6.07) is 11.3. The van der Waals surface area contributed by atoms with Crippen LogP contribution in [0.2, 0.25) is 0 Å². The molecule has 1 atom stereocenters. The van der Waals surface area contributed by atoms with Crippen molar-refractivity contribution in [3.05, 3.63) is 42.0 Å². The quantitative estimate of drug-likeness (QED) is 0.882. The largest absolute Gasteiger partial charge is 0.497 e. The predicted molar refractivity (Wildman–Crippen MR) is 74.4 cm³/mol. The van der Waals surface area contributed by atoms with E-state index in [0.29, 0.717) is 5.56 Å². The van der Waals surface area contributed by atoms with Crippen molar-refractivity contribution in [2.24, 2.45) is 0 Å². The van der Waals surface area contributed by atoms with Gasteiger partial charge in [-0.2, -0.15) is 0 Å². The summed E-state index contributed by atoms with van der Waals surface area (Å²) in [7, 11) is 1.62. The lowest BCUT2D eigenvalue weighted by molar-refractivity contribution is -0.139. The SMILES string of the molecule is COc1ccc2cc([C@@](C)(Br)C(=O)O)ccc2c1. The highest BCUT2D eigenvalue weighted by Gasteiger charge is 2.31. The fraction of sp³-hybridized carbons (Fsp3) is 0.214. The van der Waals surface area contributed by atoms with E-state index in [1.807, 2.05) is 36.4 Å². The molecule has 18 heavy (non-hydrogen) atoms. The van der Waals surface area contributed by atoms with Crippen LogP contribution >= 0.6 is 15.9 Å². The summed E-state index contributed by atoms with van der Waals surface area (Å²) in [6.07, 6.45) is 0. The van der Waals surface area contributed by atoms with Crippen LogP contribution in [0.3, 0.4) is 0 Å². The topological polar surface area (TPSA) is 46.5 Å². The number of hydrogen-bond acceptors (Lipinski definition) is 2. The summed E-state index contributed by atoms with van der Waals surface area (Å²) >= 11 is 3.24. The van der Waals surface area contributed by atoms with E-state index in [0.717, 1.165) is 16.5 Å². The van der Waals surface area contributed by atoms with Crippen LogP contribution in [0.4, 0.5) is 0 Å². The van der Waals surface area contributed by atoms with Crippen molar-refractivity contribution in [1.82, 2.24) is 0 Å². The number of carboxylic acids is 1. The molecular formula is C14H13BrO3. The van der Waals surface area contributed by atoms with Crippen LogP contribution in [0, 0.1) is 0 Å². The first-order valence-corrected chi connectivity index (χ1v) is 6.25. The van der Waals surface area contributed by atoms with Gasteiger partial charge in [0.2, 0.25) is 0 Å². The molecule has 1 N–H and O–H groups in total. The van der Waals surface area contributed by atoms with Crippen LogP contribution < -0.4 is 4.74 Å². The Morgan fingerprint density at radius 1 is 1.22 bits per heavy atom. The number of fused-ring (bicyclic) bond motifs is 1.